The van der Waals surface area contributed by atoms with Gasteiger partial charge in [0.2, 0.25) is 5.91 Å². The molecular formula is C23H41N5O3. The zero-order chi connectivity index (χ0) is 22.2. The summed E-state index contributed by atoms with van der Waals surface area (Å²) in [5.41, 5.74) is 0.959. The van der Waals surface area contributed by atoms with Crippen LogP contribution in [0.2, 0.25) is 0 Å². The molecule has 2 aliphatic rings. The van der Waals surface area contributed by atoms with Crippen LogP contribution in [0.25, 0.3) is 0 Å². The Balaban J connectivity index is 1.72. The molecule has 3 atom stereocenters. The van der Waals surface area contributed by atoms with Gasteiger partial charge in [-0.2, -0.15) is 0 Å². The maximum atomic E-state index is 12.9. The minimum absolute atomic E-state index is 0.0161. The number of ether oxygens (including phenoxy) is 1. The van der Waals surface area contributed by atoms with Gasteiger partial charge in [0, 0.05) is 38.5 Å². The van der Waals surface area contributed by atoms with E-state index < -0.39 is 0 Å². The molecule has 8 heteroatoms. The van der Waals surface area contributed by atoms with Gasteiger partial charge in [0.25, 0.3) is 0 Å². The van der Waals surface area contributed by atoms with Crippen LogP contribution in [0, 0.1) is 11.8 Å². The lowest BCUT2D eigenvalue weighted by Crippen LogP contribution is -2.47. The summed E-state index contributed by atoms with van der Waals surface area (Å²) >= 11 is 0. The number of fused-ring (bicyclic) bond motifs is 1. The first kappa shape index (κ1) is 24.1. The number of rotatable bonds is 6. The first-order chi connectivity index (χ1) is 15.0. The quantitative estimate of drug-likeness (QED) is 0.738. The van der Waals surface area contributed by atoms with Gasteiger partial charge in [-0.25, -0.2) is 4.68 Å². The average Bonchev–Trinajstić information content (AvgIpc) is 3.21. The van der Waals surface area contributed by atoms with Gasteiger partial charge < -0.3 is 19.6 Å². The predicted molar refractivity (Wildman–Crippen MR) is 119 cm³/mol. The van der Waals surface area contributed by atoms with Crippen LogP contribution in [0.1, 0.15) is 64.5 Å². The van der Waals surface area contributed by atoms with Crippen molar-refractivity contribution < 1.29 is 14.6 Å². The molecule has 176 valence electrons. The molecule has 0 unspecified atom stereocenters. The number of amides is 1. The third kappa shape index (κ3) is 6.99. The minimum atomic E-state index is -0.194. The summed E-state index contributed by atoms with van der Waals surface area (Å²) in [5.74, 6) is 1.01. The fourth-order valence-corrected chi connectivity index (χ4v) is 4.94. The molecule has 1 aliphatic heterocycles. The molecule has 0 bridgehead atoms. The van der Waals surface area contributed by atoms with Crippen molar-refractivity contribution in [3.63, 3.8) is 0 Å². The van der Waals surface area contributed by atoms with Crippen molar-refractivity contribution >= 4 is 5.91 Å². The molecule has 0 aromatic carbocycles. The van der Waals surface area contributed by atoms with Crippen LogP contribution in [-0.4, -0.2) is 81.2 Å². The Bertz CT molecular complexity index is 676. The molecule has 1 aromatic heterocycles. The van der Waals surface area contributed by atoms with E-state index in [9.17, 15) is 9.90 Å². The maximum absolute atomic E-state index is 12.9. The lowest BCUT2D eigenvalue weighted by molar-refractivity contribution is -0.136. The van der Waals surface area contributed by atoms with E-state index in [-0.39, 0.29) is 30.6 Å². The molecule has 8 nitrogen and oxygen atoms in total. The first-order valence-corrected chi connectivity index (χ1v) is 12.1. The van der Waals surface area contributed by atoms with Crippen molar-refractivity contribution in [3.8, 4) is 0 Å². The van der Waals surface area contributed by atoms with Crippen molar-refractivity contribution in [2.24, 2.45) is 11.8 Å². The van der Waals surface area contributed by atoms with Gasteiger partial charge in [-0.1, -0.05) is 31.4 Å². The molecule has 1 aliphatic carbocycles. The maximum Gasteiger partial charge on any atom is 0.222 e. The molecule has 3 rings (SSSR count). The second-order valence-electron chi connectivity index (χ2n) is 9.68. The summed E-state index contributed by atoms with van der Waals surface area (Å²) in [4.78, 5) is 17.2. The highest BCUT2D eigenvalue weighted by atomic mass is 16.5. The highest BCUT2D eigenvalue weighted by Gasteiger charge is 2.28. The zero-order valence-corrected chi connectivity index (χ0v) is 19.6. The second-order valence-corrected chi connectivity index (χ2v) is 9.68. The van der Waals surface area contributed by atoms with Crippen molar-refractivity contribution in [3.05, 3.63) is 11.9 Å². The second kappa shape index (κ2) is 11.9. The monoisotopic (exact) mass is 435 g/mol. The Morgan fingerprint density at radius 3 is 2.77 bits per heavy atom. The Morgan fingerprint density at radius 1 is 1.26 bits per heavy atom. The topological polar surface area (TPSA) is 83.7 Å². The van der Waals surface area contributed by atoms with Crippen molar-refractivity contribution in [2.45, 2.75) is 84.1 Å². The van der Waals surface area contributed by atoms with E-state index in [4.69, 9.17) is 4.74 Å². The van der Waals surface area contributed by atoms with Crippen molar-refractivity contribution in [2.75, 3.05) is 33.3 Å². The number of aromatic nitrogens is 3. The minimum Gasteiger partial charge on any atom is -0.394 e. The highest BCUT2D eigenvalue weighted by Crippen LogP contribution is 2.25. The lowest BCUT2D eigenvalue weighted by Gasteiger charge is -2.36. The fraction of sp³-hybridized carbons (Fsp3) is 0.870. The molecule has 1 amide bonds. The predicted octanol–water partition coefficient (Wildman–Crippen LogP) is 2.31. The van der Waals surface area contributed by atoms with E-state index in [1.54, 1.807) is 6.20 Å². The van der Waals surface area contributed by atoms with Gasteiger partial charge in [0.15, 0.2) is 0 Å². The number of aliphatic hydroxyl groups excluding tert-OH is 1. The number of likely N-dealkylation sites (N-methyl/N-ethyl adjacent to an activating group) is 1. The van der Waals surface area contributed by atoms with Gasteiger partial charge in [0.05, 0.1) is 37.3 Å². The van der Waals surface area contributed by atoms with Crippen LogP contribution in [0.5, 0.6) is 0 Å². The SMILES string of the molecule is C[C@@H]1CN([C@H](C)CO)C(=O)CCCn2nncc2CO[C@@H]1CN(C)CC1CCCCC1. The van der Waals surface area contributed by atoms with Crippen LogP contribution < -0.4 is 0 Å². The Morgan fingerprint density at radius 2 is 2.03 bits per heavy atom. The van der Waals surface area contributed by atoms with E-state index >= 15 is 0 Å². The average molecular weight is 436 g/mol. The zero-order valence-electron chi connectivity index (χ0n) is 19.6. The van der Waals surface area contributed by atoms with Crippen LogP contribution in [0.15, 0.2) is 6.20 Å². The van der Waals surface area contributed by atoms with Gasteiger partial charge in [0.1, 0.15) is 0 Å². The fourth-order valence-electron chi connectivity index (χ4n) is 4.94. The summed E-state index contributed by atoms with van der Waals surface area (Å²) in [6.07, 6.45) is 9.62. The molecule has 0 spiro atoms. The molecule has 1 saturated carbocycles. The largest absolute Gasteiger partial charge is 0.394 e. The molecule has 0 radical (unpaired) electrons. The van der Waals surface area contributed by atoms with E-state index in [1.165, 1.54) is 32.1 Å². The number of aryl methyl sites for hydroxylation is 1. The van der Waals surface area contributed by atoms with Crippen LogP contribution >= 0.6 is 0 Å². The molecule has 1 N–H and O–H groups in total. The standard InChI is InChI=1S/C23H41N5O3/c1-18-13-27(19(2)16-29)23(30)10-7-11-28-21(12-24-25-28)17-31-22(18)15-26(3)14-20-8-5-4-6-9-20/h12,18-20,22,29H,4-11,13-17H2,1-3H3/t18-,19-,22-/m1/s1. The third-order valence-corrected chi connectivity index (χ3v) is 6.93. The Kier molecular flexibility index (Phi) is 9.29. The summed E-state index contributed by atoms with van der Waals surface area (Å²) in [5, 5.41) is 17.9. The van der Waals surface area contributed by atoms with Crippen LogP contribution in [-0.2, 0) is 22.7 Å². The number of carbonyl (C=O) groups is 1. The molecule has 2 heterocycles. The number of nitrogens with zero attached hydrogens (tertiary/aromatic N) is 5. The highest BCUT2D eigenvalue weighted by molar-refractivity contribution is 5.76. The summed E-state index contributed by atoms with van der Waals surface area (Å²) in [7, 11) is 2.19. The van der Waals surface area contributed by atoms with Crippen molar-refractivity contribution in [1.29, 1.82) is 0 Å². The van der Waals surface area contributed by atoms with Crippen LogP contribution in [0.3, 0.4) is 0 Å². The normalized spacial score (nSPS) is 25.7. The smallest absolute Gasteiger partial charge is 0.222 e. The molecule has 1 aromatic rings. The van der Waals surface area contributed by atoms with Crippen LogP contribution in [0.4, 0.5) is 0 Å². The van der Waals surface area contributed by atoms with Gasteiger partial charge in [-0.15, -0.1) is 5.10 Å². The third-order valence-electron chi connectivity index (χ3n) is 6.93. The number of hydrogen-bond donors (Lipinski definition) is 1. The van der Waals surface area contributed by atoms with Gasteiger partial charge >= 0.3 is 0 Å². The summed E-state index contributed by atoms with van der Waals surface area (Å²) in [6, 6.07) is -0.194. The van der Waals surface area contributed by atoms with E-state index in [2.05, 4.69) is 29.2 Å². The molecule has 0 saturated heterocycles. The Labute approximate surface area is 186 Å². The number of carbonyl (C=O) groups excluding carboxylic acids is 1. The number of aliphatic hydroxyl groups is 1. The van der Waals surface area contributed by atoms with E-state index in [0.717, 1.165) is 24.7 Å². The van der Waals surface area contributed by atoms with Crippen molar-refractivity contribution in [1.82, 2.24) is 24.8 Å². The van der Waals surface area contributed by atoms with Gasteiger partial charge in [-0.3, -0.25) is 4.79 Å². The summed E-state index contributed by atoms with van der Waals surface area (Å²) < 4.78 is 8.28. The molecule has 31 heavy (non-hydrogen) atoms. The Hall–Kier alpha value is -1.51. The molecular weight excluding hydrogens is 394 g/mol. The number of hydrogen-bond acceptors (Lipinski definition) is 6. The molecule has 1 fully saturated rings. The summed E-state index contributed by atoms with van der Waals surface area (Å²) in [6.45, 7) is 7.69. The first-order valence-electron chi connectivity index (χ1n) is 12.1. The van der Waals surface area contributed by atoms with E-state index in [1.807, 2.05) is 16.5 Å². The van der Waals surface area contributed by atoms with E-state index in [0.29, 0.717) is 32.5 Å². The lowest BCUT2D eigenvalue weighted by atomic mass is 9.89. The van der Waals surface area contributed by atoms with Gasteiger partial charge in [-0.05, 0) is 39.2 Å².